The number of halogens is 1. The lowest BCUT2D eigenvalue weighted by molar-refractivity contribution is -0.121. The number of hydrogen-bond donors (Lipinski definition) is 2. The van der Waals surface area contributed by atoms with Crippen LogP contribution in [0.2, 0.25) is 5.02 Å². The third-order valence-electron chi connectivity index (χ3n) is 3.54. The molecule has 0 atom stereocenters. The zero-order valence-electron chi connectivity index (χ0n) is 13.0. The van der Waals surface area contributed by atoms with Gasteiger partial charge in [-0.25, -0.2) is 13.6 Å². The van der Waals surface area contributed by atoms with Crippen LogP contribution in [0.4, 0.5) is 0 Å². The average molecular weight is 367 g/mol. The molecule has 7 heteroatoms. The summed E-state index contributed by atoms with van der Waals surface area (Å²) in [6, 6.07) is 13.7. The van der Waals surface area contributed by atoms with Crippen molar-refractivity contribution in [3.8, 4) is 0 Å². The zero-order chi connectivity index (χ0) is 17.6. The first-order chi connectivity index (χ1) is 11.3. The molecule has 2 aromatic rings. The van der Waals surface area contributed by atoms with Crippen LogP contribution in [0.25, 0.3) is 0 Å². The van der Waals surface area contributed by atoms with E-state index in [0.29, 0.717) is 24.4 Å². The van der Waals surface area contributed by atoms with Crippen LogP contribution in [-0.2, 0) is 27.7 Å². The summed E-state index contributed by atoms with van der Waals surface area (Å²) in [5.74, 6) is -0.0421. The van der Waals surface area contributed by atoms with Gasteiger partial charge in [-0.15, -0.1) is 0 Å². The normalized spacial score (nSPS) is 11.2. The Kier molecular flexibility index (Phi) is 6.36. The van der Waals surface area contributed by atoms with E-state index >= 15 is 0 Å². The Hall–Kier alpha value is -1.89. The average Bonchev–Trinajstić information content (AvgIpc) is 2.54. The van der Waals surface area contributed by atoms with Crippen LogP contribution in [-0.4, -0.2) is 20.9 Å². The molecule has 0 saturated carbocycles. The number of hydrogen-bond acceptors (Lipinski definition) is 3. The van der Waals surface area contributed by atoms with Crippen LogP contribution in [0.1, 0.15) is 17.5 Å². The number of amides is 1. The van der Waals surface area contributed by atoms with Gasteiger partial charge in [0.15, 0.2) is 0 Å². The molecular weight excluding hydrogens is 348 g/mol. The molecule has 3 N–H and O–H groups in total. The maximum Gasteiger partial charge on any atom is 0.238 e. The summed E-state index contributed by atoms with van der Waals surface area (Å²) in [5.41, 5.74) is 1.99. The number of primary sulfonamides is 1. The smallest absolute Gasteiger partial charge is 0.238 e. The molecular formula is C17H19ClN2O3S. The summed E-state index contributed by atoms with van der Waals surface area (Å²) in [4.78, 5) is 11.9. The molecule has 0 fully saturated rings. The molecule has 0 spiro atoms. The number of carbonyl (C=O) groups excluding carboxylic acids is 1. The minimum Gasteiger partial charge on any atom is -0.356 e. The number of rotatable bonds is 7. The van der Waals surface area contributed by atoms with Gasteiger partial charge in [-0.2, -0.15) is 0 Å². The summed E-state index contributed by atoms with van der Waals surface area (Å²) in [6.45, 7) is 0.560. The van der Waals surface area contributed by atoms with Gasteiger partial charge in [0.25, 0.3) is 0 Å². The first kappa shape index (κ1) is 18.4. The van der Waals surface area contributed by atoms with Gasteiger partial charge in [0.1, 0.15) is 0 Å². The van der Waals surface area contributed by atoms with Crippen LogP contribution < -0.4 is 10.5 Å². The molecule has 0 aliphatic carbocycles. The van der Waals surface area contributed by atoms with Gasteiger partial charge in [0, 0.05) is 18.0 Å². The van der Waals surface area contributed by atoms with Gasteiger partial charge in [-0.3, -0.25) is 4.79 Å². The van der Waals surface area contributed by atoms with Gasteiger partial charge in [0.2, 0.25) is 15.9 Å². The minimum atomic E-state index is -3.68. The second kappa shape index (κ2) is 8.28. The number of sulfonamides is 1. The highest BCUT2D eigenvalue weighted by atomic mass is 35.5. The van der Waals surface area contributed by atoms with Gasteiger partial charge in [-0.05, 0) is 48.2 Å². The number of carbonyl (C=O) groups is 1. The first-order valence-electron chi connectivity index (χ1n) is 7.47. The van der Waals surface area contributed by atoms with E-state index in [9.17, 15) is 13.2 Å². The Morgan fingerprint density at radius 2 is 1.50 bits per heavy atom. The predicted octanol–water partition coefficient (Wildman–Crippen LogP) is 2.28. The highest BCUT2D eigenvalue weighted by Gasteiger charge is 2.07. The third kappa shape index (κ3) is 5.96. The van der Waals surface area contributed by atoms with Crippen molar-refractivity contribution >= 4 is 27.5 Å². The first-order valence-corrected chi connectivity index (χ1v) is 9.40. The molecule has 5 nitrogen and oxygen atoms in total. The van der Waals surface area contributed by atoms with E-state index < -0.39 is 10.0 Å². The molecule has 0 unspecified atom stereocenters. The lowest BCUT2D eigenvalue weighted by Crippen LogP contribution is -2.25. The van der Waals surface area contributed by atoms with Crippen LogP contribution in [0.5, 0.6) is 0 Å². The molecule has 0 radical (unpaired) electrons. The maximum absolute atomic E-state index is 11.8. The van der Waals surface area contributed by atoms with Crippen LogP contribution in [0, 0.1) is 0 Å². The minimum absolute atomic E-state index is 0.0421. The van der Waals surface area contributed by atoms with Crippen LogP contribution in [0.15, 0.2) is 53.4 Å². The van der Waals surface area contributed by atoms with Gasteiger partial charge < -0.3 is 5.32 Å². The van der Waals surface area contributed by atoms with Crippen molar-refractivity contribution < 1.29 is 13.2 Å². The molecule has 128 valence electrons. The molecule has 0 aromatic heterocycles. The van der Waals surface area contributed by atoms with Crippen molar-refractivity contribution in [2.45, 2.75) is 24.2 Å². The van der Waals surface area contributed by atoms with Crippen molar-refractivity contribution in [1.82, 2.24) is 5.32 Å². The molecule has 1 amide bonds. The van der Waals surface area contributed by atoms with Crippen LogP contribution >= 0.6 is 11.6 Å². The van der Waals surface area contributed by atoms with Gasteiger partial charge in [0.05, 0.1) is 4.90 Å². The van der Waals surface area contributed by atoms with Crippen molar-refractivity contribution in [3.63, 3.8) is 0 Å². The van der Waals surface area contributed by atoms with Gasteiger partial charge >= 0.3 is 0 Å². The van der Waals surface area contributed by atoms with Crippen LogP contribution in [0.3, 0.4) is 0 Å². The Labute approximate surface area is 146 Å². The summed E-state index contributed by atoms with van der Waals surface area (Å²) in [6.07, 6.45) is 1.62. The fraction of sp³-hybridized carbons (Fsp3) is 0.235. The standard InChI is InChI=1S/C17H19ClN2O3S/c18-15-6-1-14(2-7-15)11-12-20-17(21)10-5-13-3-8-16(9-4-13)24(19,22)23/h1-4,6-9H,5,10-12H2,(H,20,21)(H2,19,22,23). The topological polar surface area (TPSA) is 89.3 Å². The molecule has 2 rings (SSSR count). The quantitative estimate of drug-likeness (QED) is 0.787. The Balaban J connectivity index is 1.74. The largest absolute Gasteiger partial charge is 0.356 e. The molecule has 0 saturated heterocycles. The third-order valence-corrected chi connectivity index (χ3v) is 4.72. The fourth-order valence-electron chi connectivity index (χ4n) is 2.19. The SMILES string of the molecule is NS(=O)(=O)c1ccc(CCC(=O)NCCc2ccc(Cl)cc2)cc1. The lowest BCUT2D eigenvalue weighted by atomic mass is 10.1. The second-order valence-electron chi connectivity index (χ2n) is 5.42. The highest BCUT2D eigenvalue weighted by molar-refractivity contribution is 7.89. The Morgan fingerprint density at radius 3 is 2.08 bits per heavy atom. The van der Waals surface area contributed by atoms with E-state index in [1.54, 1.807) is 12.1 Å². The fourth-order valence-corrected chi connectivity index (χ4v) is 2.83. The van der Waals surface area contributed by atoms with E-state index in [1.807, 2.05) is 24.3 Å². The molecule has 0 aliphatic rings. The summed E-state index contributed by atoms with van der Waals surface area (Å²) >= 11 is 5.82. The molecule has 0 aliphatic heterocycles. The Bertz CT molecular complexity index is 788. The summed E-state index contributed by atoms with van der Waals surface area (Å²) in [7, 11) is -3.68. The van der Waals surface area contributed by atoms with E-state index in [1.165, 1.54) is 12.1 Å². The van der Waals surface area contributed by atoms with Gasteiger partial charge in [-0.1, -0.05) is 35.9 Å². The molecule has 0 bridgehead atoms. The highest BCUT2D eigenvalue weighted by Crippen LogP contribution is 2.11. The van der Waals surface area contributed by atoms with E-state index in [2.05, 4.69) is 5.32 Å². The van der Waals surface area contributed by atoms with Crippen molar-refractivity contribution in [1.29, 1.82) is 0 Å². The maximum atomic E-state index is 11.8. The summed E-state index contributed by atoms with van der Waals surface area (Å²) < 4.78 is 22.3. The monoisotopic (exact) mass is 366 g/mol. The number of nitrogens with two attached hydrogens (primary N) is 1. The van der Waals surface area contributed by atoms with E-state index in [-0.39, 0.29) is 10.8 Å². The lowest BCUT2D eigenvalue weighted by Gasteiger charge is -2.06. The number of nitrogens with one attached hydrogen (secondary N) is 1. The number of aryl methyl sites for hydroxylation is 1. The zero-order valence-corrected chi connectivity index (χ0v) is 14.6. The number of benzene rings is 2. The van der Waals surface area contributed by atoms with E-state index in [4.69, 9.17) is 16.7 Å². The molecule has 0 heterocycles. The van der Waals surface area contributed by atoms with Crippen molar-refractivity contribution in [2.75, 3.05) is 6.54 Å². The van der Waals surface area contributed by atoms with E-state index in [0.717, 1.165) is 17.5 Å². The second-order valence-corrected chi connectivity index (χ2v) is 7.41. The Morgan fingerprint density at radius 1 is 0.958 bits per heavy atom. The van der Waals surface area contributed by atoms with Crippen molar-refractivity contribution in [2.24, 2.45) is 5.14 Å². The summed E-state index contributed by atoms with van der Waals surface area (Å²) in [5, 5.41) is 8.60. The predicted molar refractivity (Wildman–Crippen MR) is 94.3 cm³/mol. The molecule has 2 aromatic carbocycles. The molecule has 24 heavy (non-hydrogen) atoms. The van der Waals surface area contributed by atoms with Crippen molar-refractivity contribution in [3.05, 3.63) is 64.7 Å².